The summed E-state index contributed by atoms with van der Waals surface area (Å²) in [5.41, 5.74) is 23.1. The molecule has 4 nitrogen and oxygen atoms in total. The minimum atomic E-state index is -0.842. The molecule has 1 aliphatic rings. The maximum absolute atomic E-state index is 7.35. The number of hydrogen-bond acceptors (Lipinski definition) is 4. The summed E-state index contributed by atoms with van der Waals surface area (Å²) in [6.45, 7) is 22.5. The summed E-state index contributed by atoms with van der Waals surface area (Å²) in [6, 6.07) is 86.3. The lowest BCUT2D eigenvalue weighted by molar-refractivity contribution is 0.572. The maximum atomic E-state index is 7.35. The van der Waals surface area contributed by atoms with E-state index in [2.05, 4.69) is 310 Å². The summed E-state index contributed by atoms with van der Waals surface area (Å²) in [7, 11) is 0. The molecular weight excluding hydrogens is 1030 g/mol. The molecule has 4 heteroatoms. The predicted molar refractivity (Wildman–Crippen MR) is 359 cm³/mol. The molecule has 14 aromatic rings. The van der Waals surface area contributed by atoms with E-state index in [1.165, 1.54) is 66.4 Å². The summed E-state index contributed by atoms with van der Waals surface area (Å²) in [6.07, 6.45) is 0. The number of aryl methyl sites for hydroxylation is 4. The molecule has 0 amide bonds. The Kier molecular flexibility index (Phi) is 11.8. The lowest BCUT2D eigenvalue weighted by Crippen LogP contribution is -2.29. The molecule has 85 heavy (non-hydrogen) atoms. The molecular formula is C81H68N2O2. The van der Waals surface area contributed by atoms with Gasteiger partial charge in [0.1, 0.15) is 11.2 Å². The first-order valence-electron chi connectivity index (χ1n) is 30.0. The van der Waals surface area contributed by atoms with Crippen LogP contribution < -0.4 is 9.80 Å². The van der Waals surface area contributed by atoms with E-state index >= 15 is 0 Å². The summed E-state index contributed by atoms with van der Waals surface area (Å²) >= 11 is 0. The summed E-state index contributed by atoms with van der Waals surface area (Å²) in [5.74, 6) is 0. The standard InChI is InChI=1S/C81H68N2O2/c1-49-41-43-51(3)69(45-49)82(67-39-23-35-61-59-33-21-37-63(79(5,6)7)75(59)84-77(61)67)71-47-65-73(57-31-19-17-29-55(57)71)74-58-32-20-18-30-56(58)72(48-66(74)81(65,53-25-13-11-14-26-53)54-27-15-12-16-28-54)83(70-46-50(2)42-44-52(70)4)68-40-24-36-62-60-34-22-38-64(80(8,9)10)76(60)85-78(62)68/h11-48H,1-10H3. The van der Waals surface area contributed by atoms with Gasteiger partial charge in [0.25, 0.3) is 0 Å². The van der Waals surface area contributed by atoms with Gasteiger partial charge in [0.05, 0.1) is 28.2 Å². The van der Waals surface area contributed by atoms with Crippen molar-refractivity contribution in [1.82, 2.24) is 0 Å². The van der Waals surface area contributed by atoms with Crippen molar-refractivity contribution in [3.8, 4) is 11.1 Å². The zero-order valence-corrected chi connectivity index (χ0v) is 50.2. The Morgan fingerprint density at radius 3 is 1.02 bits per heavy atom. The maximum Gasteiger partial charge on any atom is 0.159 e. The Hall–Kier alpha value is -9.64. The van der Waals surface area contributed by atoms with Gasteiger partial charge in [0.2, 0.25) is 0 Å². The van der Waals surface area contributed by atoms with Crippen LogP contribution in [0.1, 0.15) is 97.2 Å². The van der Waals surface area contributed by atoms with E-state index in [9.17, 15) is 0 Å². The van der Waals surface area contributed by atoms with Gasteiger partial charge in [-0.2, -0.15) is 0 Å². The highest BCUT2D eigenvalue weighted by molar-refractivity contribution is 6.21. The van der Waals surface area contributed by atoms with Crippen molar-refractivity contribution in [3.63, 3.8) is 0 Å². The van der Waals surface area contributed by atoms with Gasteiger partial charge >= 0.3 is 0 Å². The van der Waals surface area contributed by atoms with E-state index < -0.39 is 5.41 Å². The second-order valence-corrected chi connectivity index (χ2v) is 25.8. The molecule has 0 atom stereocenters. The Morgan fingerprint density at radius 2 is 0.635 bits per heavy atom. The molecule has 1 aliphatic carbocycles. The number of nitrogens with zero attached hydrogens (tertiary/aromatic N) is 2. The number of anilines is 6. The summed E-state index contributed by atoms with van der Waals surface area (Å²) in [5, 5.41) is 9.07. The average Bonchev–Trinajstić information content (AvgIpc) is 1.54. The van der Waals surface area contributed by atoms with Crippen LogP contribution in [0.3, 0.4) is 0 Å². The molecule has 0 N–H and O–H groups in total. The lowest BCUT2D eigenvalue weighted by atomic mass is 9.67. The highest BCUT2D eigenvalue weighted by atomic mass is 16.3. The third-order valence-corrected chi connectivity index (χ3v) is 18.3. The van der Waals surface area contributed by atoms with Gasteiger partial charge in [-0.25, -0.2) is 0 Å². The monoisotopic (exact) mass is 1100 g/mol. The molecule has 0 radical (unpaired) electrons. The quantitative estimate of drug-likeness (QED) is 0.152. The number of fused-ring (bicyclic) bond motifs is 13. The van der Waals surface area contributed by atoms with Crippen molar-refractivity contribution in [2.75, 3.05) is 9.80 Å². The van der Waals surface area contributed by atoms with Crippen LogP contribution in [0.2, 0.25) is 0 Å². The molecule has 0 fully saturated rings. The second kappa shape index (κ2) is 19.2. The van der Waals surface area contributed by atoms with E-state index in [-0.39, 0.29) is 10.8 Å². The molecule has 12 aromatic carbocycles. The van der Waals surface area contributed by atoms with Gasteiger partial charge < -0.3 is 18.6 Å². The Balaban J connectivity index is 1.10. The van der Waals surface area contributed by atoms with Gasteiger partial charge in [-0.1, -0.05) is 236 Å². The second-order valence-electron chi connectivity index (χ2n) is 25.8. The van der Waals surface area contributed by atoms with E-state index in [1.807, 2.05) is 0 Å². The molecule has 0 unspecified atom stereocenters. The Morgan fingerprint density at radius 1 is 0.294 bits per heavy atom. The average molecular weight is 1100 g/mol. The van der Waals surface area contributed by atoms with E-state index in [1.54, 1.807) is 0 Å². The van der Waals surface area contributed by atoms with Crippen LogP contribution in [-0.2, 0) is 16.2 Å². The number of rotatable bonds is 8. The van der Waals surface area contributed by atoms with Crippen molar-refractivity contribution >= 4 is 99.5 Å². The van der Waals surface area contributed by atoms with Gasteiger partial charge in [-0.05, 0) is 141 Å². The number of furan rings is 2. The first-order valence-corrected chi connectivity index (χ1v) is 30.0. The molecule has 15 rings (SSSR count). The molecule has 2 heterocycles. The van der Waals surface area contributed by atoms with E-state index in [0.717, 1.165) is 99.9 Å². The van der Waals surface area contributed by atoms with E-state index in [0.29, 0.717) is 0 Å². The molecule has 0 saturated carbocycles. The highest BCUT2D eigenvalue weighted by Crippen LogP contribution is 2.63. The van der Waals surface area contributed by atoms with Crippen LogP contribution >= 0.6 is 0 Å². The molecule has 0 aliphatic heterocycles. The molecule has 0 bridgehead atoms. The summed E-state index contributed by atoms with van der Waals surface area (Å²) < 4.78 is 14.7. The number of benzene rings is 12. The van der Waals surface area contributed by atoms with Crippen molar-refractivity contribution in [3.05, 3.63) is 286 Å². The Bertz CT molecular complexity index is 4710. The van der Waals surface area contributed by atoms with Crippen LogP contribution in [0, 0.1) is 27.7 Å². The zero-order chi connectivity index (χ0) is 58.3. The predicted octanol–water partition coefficient (Wildman–Crippen LogP) is 22.9. The fourth-order valence-electron chi connectivity index (χ4n) is 14.4. The largest absolute Gasteiger partial charge is 0.454 e. The van der Waals surface area contributed by atoms with Gasteiger partial charge in [-0.3, -0.25) is 0 Å². The zero-order valence-electron chi connectivity index (χ0n) is 50.2. The van der Waals surface area contributed by atoms with Crippen molar-refractivity contribution in [2.45, 2.75) is 85.5 Å². The minimum absolute atomic E-state index is 0.138. The third kappa shape index (κ3) is 7.87. The molecule has 414 valence electrons. The third-order valence-electron chi connectivity index (χ3n) is 18.3. The van der Waals surface area contributed by atoms with Crippen LogP contribution in [0.5, 0.6) is 0 Å². The fraction of sp³-hybridized carbons (Fsp3) is 0.160. The first-order chi connectivity index (χ1) is 41.1. The van der Waals surface area contributed by atoms with Gasteiger partial charge in [-0.15, -0.1) is 0 Å². The normalized spacial score (nSPS) is 13.2. The van der Waals surface area contributed by atoms with Crippen LogP contribution in [0.4, 0.5) is 34.1 Å². The number of hydrogen-bond donors (Lipinski definition) is 0. The smallest absolute Gasteiger partial charge is 0.159 e. The van der Waals surface area contributed by atoms with E-state index in [4.69, 9.17) is 8.83 Å². The fourth-order valence-corrected chi connectivity index (χ4v) is 14.4. The van der Waals surface area contributed by atoms with Crippen LogP contribution in [0.25, 0.3) is 76.5 Å². The SMILES string of the molecule is Cc1ccc(C)c(N(c2cc3c(c4ccccc24)-c2c(cc(N(c4cc(C)ccc4C)c4cccc5c4oc4c(C(C)(C)C)cccc45)c4ccccc24)C3(c2ccccc2)c2ccccc2)c2cccc3c2oc2c(C(C)(C)C)cccc23)c1. The van der Waals surface area contributed by atoms with Crippen molar-refractivity contribution < 1.29 is 8.83 Å². The van der Waals surface area contributed by atoms with Crippen LogP contribution in [0.15, 0.2) is 239 Å². The lowest BCUT2D eigenvalue weighted by Gasteiger charge is -2.36. The minimum Gasteiger partial charge on any atom is -0.454 e. The number of para-hydroxylation sites is 4. The Labute approximate surface area is 498 Å². The molecule has 2 aromatic heterocycles. The molecule has 0 saturated heterocycles. The van der Waals surface area contributed by atoms with Crippen molar-refractivity contribution in [1.29, 1.82) is 0 Å². The highest BCUT2D eigenvalue weighted by Gasteiger charge is 2.49. The van der Waals surface area contributed by atoms with Crippen molar-refractivity contribution in [2.24, 2.45) is 0 Å². The first kappa shape index (κ1) is 52.2. The molecule has 0 spiro atoms. The topological polar surface area (TPSA) is 32.8 Å². The van der Waals surface area contributed by atoms with Gasteiger partial charge in [0, 0.05) is 54.8 Å². The summed E-state index contributed by atoms with van der Waals surface area (Å²) in [4.78, 5) is 5.03. The van der Waals surface area contributed by atoms with Gasteiger partial charge in [0.15, 0.2) is 11.2 Å². The van der Waals surface area contributed by atoms with Crippen LogP contribution in [-0.4, -0.2) is 0 Å².